The highest BCUT2D eigenvalue weighted by Gasteiger charge is 2.22. The maximum atomic E-state index is 11.2. The Kier molecular flexibility index (Phi) is 4.64. The lowest BCUT2D eigenvalue weighted by Gasteiger charge is -2.16. The SMILES string of the molecule is CC(=O)Cc1ccc2c(c1)C(CC(=O)O)CCCS2. The predicted molar refractivity (Wildman–Crippen MR) is 75.8 cm³/mol. The van der Waals surface area contributed by atoms with Crippen molar-refractivity contribution in [2.75, 3.05) is 5.75 Å². The summed E-state index contributed by atoms with van der Waals surface area (Å²) in [7, 11) is 0. The first-order chi connectivity index (χ1) is 9.06. The van der Waals surface area contributed by atoms with Crippen molar-refractivity contribution in [2.45, 2.75) is 43.4 Å². The lowest BCUT2D eigenvalue weighted by atomic mass is 9.90. The van der Waals surface area contributed by atoms with Crippen LogP contribution in [0.1, 0.15) is 43.2 Å². The van der Waals surface area contributed by atoms with Gasteiger partial charge in [-0.2, -0.15) is 0 Å². The quantitative estimate of drug-likeness (QED) is 0.918. The van der Waals surface area contributed by atoms with Gasteiger partial charge in [0.25, 0.3) is 0 Å². The Hall–Kier alpha value is -1.29. The molecule has 1 atom stereocenters. The van der Waals surface area contributed by atoms with E-state index in [4.69, 9.17) is 5.11 Å². The molecule has 0 bridgehead atoms. The molecule has 0 aromatic heterocycles. The van der Waals surface area contributed by atoms with E-state index in [0.29, 0.717) is 6.42 Å². The van der Waals surface area contributed by atoms with E-state index >= 15 is 0 Å². The summed E-state index contributed by atoms with van der Waals surface area (Å²) < 4.78 is 0. The Morgan fingerprint density at radius 3 is 2.89 bits per heavy atom. The summed E-state index contributed by atoms with van der Waals surface area (Å²) >= 11 is 1.79. The second kappa shape index (κ2) is 6.24. The number of ketones is 1. The number of benzene rings is 1. The molecule has 1 aliphatic heterocycles. The first-order valence-electron chi connectivity index (χ1n) is 6.53. The van der Waals surface area contributed by atoms with Crippen molar-refractivity contribution in [1.82, 2.24) is 0 Å². The van der Waals surface area contributed by atoms with Gasteiger partial charge in [-0.15, -0.1) is 11.8 Å². The molecule has 1 N–H and O–H groups in total. The molecule has 1 aromatic carbocycles. The van der Waals surface area contributed by atoms with Gasteiger partial charge in [-0.25, -0.2) is 0 Å². The number of aliphatic carboxylic acids is 1. The molecule has 19 heavy (non-hydrogen) atoms. The highest BCUT2D eigenvalue weighted by molar-refractivity contribution is 7.99. The maximum absolute atomic E-state index is 11.2. The average molecular weight is 278 g/mol. The molecule has 0 aliphatic carbocycles. The minimum absolute atomic E-state index is 0.0782. The van der Waals surface area contributed by atoms with Crippen LogP contribution in [0, 0.1) is 0 Å². The maximum Gasteiger partial charge on any atom is 0.303 e. The molecule has 0 saturated carbocycles. The summed E-state index contributed by atoms with van der Waals surface area (Å²) in [5, 5.41) is 9.04. The van der Waals surface area contributed by atoms with Gasteiger partial charge in [-0.1, -0.05) is 12.1 Å². The Balaban J connectivity index is 2.32. The number of fused-ring (bicyclic) bond motifs is 1. The molecule has 2 rings (SSSR count). The van der Waals surface area contributed by atoms with E-state index in [2.05, 4.69) is 0 Å². The van der Waals surface area contributed by atoms with Gasteiger partial charge in [0, 0.05) is 11.3 Å². The zero-order valence-electron chi connectivity index (χ0n) is 11.0. The molecule has 1 aliphatic rings. The number of carboxylic acids is 1. The molecule has 0 radical (unpaired) electrons. The number of carbonyl (C=O) groups is 2. The molecular weight excluding hydrogens is 260 g/mol. The van der Waals surface area contributed by atoms with Crippen LogP contribution in [0.3, 0.4) is 0 Å². The summed E-state index contributed by atoms with van der Waals surface area (Å²) in [6.45, 7) is 1.58. The highest BCUT2D eigenvalue weighted by atomic mass is 32.2. The van der Waals surface area contributed by atoms with E-state index in [1.807, 2.05) is 18.2 Å². The van der Waals surface area contributed by atoms with Crippen LogP contribution in [0.5, 0.6) is 0 Å². The third-order valence-corrected chi connectivity index (χ3v) is 4.52. The van der Waals surface area contributed by atoms with E-state index in [9.17, 15) is 9.59 Å². The topological polar surface area (TPSA) is 54.4 Å². The molecule has 1 heterocycles. The van der Waals surface area contributed by atoms with Gasteiger partial charge in [0.05, 0.1) is 6.42 Å². The van der Waals surface area contributed by atoms with E-state index in [0.717, 1.165) is 29.7 Å². The van der Waals surface area contributed by atoms with Gasteiger partial charge in [0.15, 0.2) is 0 Å². The van der Waals surface area contributed by atoms with Crippen LogP contribution in [0.4, 0.5) is 0 Å². The summed E-state index contributed by atoms with van der Waals surface area (Å²) in [5.41, 5.74) is 2.10. The molecule has 1 aromatic rings. The predicted octanol–water partition coefficient (Wildman–Crippen LogP) is 3.26. The molecule has 4 heteroatoms. The number of hydrogen-bond acceptors (Lipinski definition) is 3. The standard InChI is InChI=1S/C15H18O3S/c1-10(16)7-11-4-5-14-13(8-11)12(9-15(17)18)3-2-6-19-14/h4-5,8,12H,2-3,6-7,9H2,1H3,(H,17,18). The van der Waals surface area contributed by atoms with Crippen LogP contribution in [0.25, 0.3) is 0 Å². The van der Waals surface area contributed by atoms with E-state index in [1.54, 1.807) is 18.7 Å². The first-order valence-corrected chi connectivity index (χ1v) is 7.51. The van der Waals surface area contributed by atoms with Gasteiger partial charge < -0.3 is 5.11 Å². The third-order valence-electron chi connectivity index (χ3n) is 3.34. The normalized spacial score (nSPS) is 18.5. The van der Waals surface area contributed by atoms with Crippen LogP contribution in [-0.4, -0.2) is 22.6 Å². The first kappa shape index (κ1) is 14.1. The molecule has 3 nitrogen and oxygen atoms in total. The van der Waals surface area contributed by atoms with Crippen LogP contribution >= 0.6 is 11.8 Å². The van der Waals surface area contributed by atoms with Crippen LogP contribution in [-0.2, 0) is 16.0 Å². The van der Waals surface area contributed by atoms with Crippen molar-refractivity contribution in [3.63, 3.8) is 0 Å². The molecule has 0 amide bonds. The van der Waals surface area contributed by atoms with Gasteiger partial charge in [-0.05, 0) is 48.6 Å². The fraction of sp³-hybridized carbons (Fsp3) is 0.467. The van der Waals surface area contributed by atoms with Gasteiger partial charge >= 0.3 is 5.97 Å². The van der Waals surface area contributed by atoms with E-state index < -0.39 is 5.97 Å². The van der Waals surface area contributed by atoms with E-state index in [1.165, 1.54) is 4.90 Å². The smallest absolute Gasteiger partial charge is 0.303 e. The summed E-state index contributed by atoms with van der Waals surface area (Å²) in [6.07, 6.45) is 2.56. The fourth-order valence-electron chi connectivity index (χ4n) is 2.54. The van der Waals surface area contributed by atoms with Crippen LogP contribution < -0.4 is 0 Å². The average Bonchev–Trinajstić information content (AvgIpc) is 2.51. The van der Waals surface area contributed by atoms with Crippen LogP contribution in [0.2, 0.25) is 0 Å². The Bertz CT molecular complexity index is 496. The third kappa shape index (κ3) is 3.83. The van der Waals surface area contributed by atoms with Crippen molar-refractivity contribution in [1.29, 1.82) is 0 Å². The molecular formula is C15H18O3S. The second-order valence-corrected chi connectivity index (χ2v) is 6.17. The summed E-state index contributed by atoms with van der Waals surface area (Å²) in [5.74, 6) is 0.500. The molecule has 102 valence electrons. The summed E-state index contributed by atoms with van der Waals surface area (Å²) in [4.78, 5) is 23.4. The Morgan fingerprint density at radius 2 is 2.21 bits per heavy atom. The number of Topliss-reactive ketones (excluding diaryl/α,β-unsaturated/α-hetero) is 1. The molecule has 0 spiro atoms. The van der Waals surface area contributed by atoms with E-state index in [-0.39, 0.29) is 18.1 Å². The van der Waals surface area contributed by atoms with Crippen molar-refractivity contribution < 1.29 is 14.7 Å². The molecule has 0 fully saturated rings. The van der Waals surface area contributed by atoms with Crippen molar-refractivity contribution in [2.24, 2.45) is 0 Å². The minimum Gasteiger partial charge on any atom is -0.481 e. The Labute approximate surface area is 117 Å². The zero-order chi connectivity index (χ0) is 13.8. The number of carboxylic acid groups (broad SMARTS) is 1. The van der Waals surface area contributed by atoms with Gasteiger partial charge in [-0.3, -0.25) is 9.59 Å². The number of carbonyl (C=O) groups excluding carboxylic acids is 1. The number of hydrogen-bond donors (Lipinski definition) is 1. The lowest BCUT2D eigenvalue weighted by Crippen LogP contribution is -2.07. The van der Waals surface area contributed by atoms with Crippen molar-refractivity contribution in [3.8, 4) is 0 Å². The van der Waals surface area contributed by atoms with Crippen molar-refractivity contribution >= 4 is 23.5 Å². The number of rotatable bonds is 4. The largest absolute Gasteiger partial charge is 0.481 e. The second-order valence-electron chi connectivity index (χ2n) is 5.04. The fourth-order valence-corrected chi connectivity index (χ4v) is 3.62. The van der Waals surface area contributed by atoms with Crippen molar-refractivity contribution in [3.05, 3.63) is 29.3 Å². The zero-order valence-corrected chi connectivity index (χ0v) is 11.8. The molecule has 1 unspecified atom stereocenters. The monoisotopic (exact) mass is 278 g/mol. The summed E-state index contributed by atoms with van der Waals surface area (Å²) in [6, 6.07) is 6.05. The minimum atomic E-state index is -0.750. The van der Waals surface area contributed by atoms with Gasteiger partial charge in [0.2, 0.25) is 0 Å². The van der Waals surface area contributed by atoms with Crippen LogP contribution in [0.15, 0.2) is 23.1 Å². The number of thioether (sulfide) groups is 1. The Morgan fingerprint density at radius 1 is 1.42 bits per heavy atom. The van der Waals surface area contributed by atoms with Gasteiger partial charge in [0.1, 0.15) is 5.78 Å². The molecule has 0 saturated heterocycles. The highest BCUT2D eigenvalue weighted by Crippen LogP contribution is 2.38. The lowest BCUT2D eigenvalue weighted by molar-refractivity contribution is -0.137.